The molecular weight excluding hydrogens is 278 g/mol. The number of nitrogens with one attached hydrogen (secondary N) is 1. The van der Waals surface area contributed by atoms with Crippen molar-refractivity contribution in [3.63, 3.8) is 0 Å². The monoisotopic (exact) mass is 305 g/mol. The lowest BCUT2D eigenvalue weighted by Crippen LogP contribution is -2.48. The topological polar surface area (TPSA) is 52.7 Å². The van der Waals surface area contributed by atoms with Crippen molar-refractivity contribution in [1.82, 2.24) is 15.1 Å². The number of likely N-dealkylation sites (tertiary alicyclic amines) is 2. The van der Waals surface area contributed by atoms with Gasteiger partial charge in [-0.05, 0) is 44.9 Å². The molecule has 0 radical (unpaired) electrons. The first-order chi connectivity index (χ1) is 10.7. The van der Waals surface area contributed by atoms with E-state index in [1.165, 1.54) is 12.8 Å². The number of fused-ring (bicyclic) bond motifs is 2. The Balaban J connectivity index is 1.37. The number of carbonyl (C=O) groups is 2. The van der Waals surface area contributed by atoms with Crippen molar-refractivity contribution < 1.29 is 9.59 Å². The zero-order valence-electron chi connectivity index (χ0n) is 13.3. The molecule has 4 rings (SSSR count). The zero-order chi connectivity index (χ0) is 15.1. The highest BCUT2D eigenvalue weighted by Crippen LogP contribution is 2.33. The summed E-state index contributed by atoms with van der Waals surface area (Å²) in [5.74, 6) is 0.900. The van der Waals surface area contributed by atoms with E-state index in [1.807, 2.05) is 4.90 Å². The van der Waals surface area contributed by atoms with Gasteiger partial charge in [0.15, 0.2) is 0 Å². The van der Waals surface area contributed by atoms with E-state index in [0.717, 1.165) is 51.7 Å². The number of amides is 2. The molecule has 0 aromatic rings. The molecule has 5 heteroatoms. The van der Waals surface area contributed by atoms with E-state index in [9.17, 15) is 9.59 Å². The summed E-state index contributed by atoms with van der Waals surface area (Å²) in [5, 5.41) is 3.63. The SMILES string of the molecule is O=C(C1CCCN(C(=O)C2CC2)C1)N1CCC2CCC(C1)N2. The van der Waals surface area contributed by atoms with Crippen LogP contribution in [0.15, 0.2) is 0 Å². The third-order valence-corrected chi connectivity index (χ3v) is 5.84. The lowest BCUT2D eigenvalue weighted by molar-refractivity contribution is -0.141. The van der Waals surface area contributed by atoms with Crippen LogP contribution in [0.25, 0.3) is 0 Å². The Morgan fingerprint density at radius 3 is 2.27 bits per heavy atom. The van der Waals surface area contributed by atoms with Gasteiger partial charge in [0.1, 0.15) is 0 Å². The van der Waals surface area contributed by atoms with Crippen LogP contribution in [0.3, 0.4) is 0 Å². The predicted octanol–water partition coefficient (Wildman–Crippen LogP) is 0.988. The number of hydrogen-bond donors (Lipinski definition) is 1. The molecule has 4 aliphatic rings. The van der Waals surface area contributed by atoms with E-state index in [2.05, 4.69) is 10.2 Å². The van der Waals surface area contributed by atoms with Gasteiger partial charge < -0.3 is 15.1 Å². The van der Waals surface area contributed by atoms with Gasteiger partial charge in [-0.2, -0.15) is 0 Å². The Bertz CT molecular complexity index is 463. The second-order valence-corrected chi connectivity index (χ2v) is 7.61. The second kappa shape index (κ2) is 5.84. The fourth-order valence-corrected chi connectivity index (χ4v) is 4.37. The van der Waals surface area contributed by atoms with Crippen LogP contribution in [0, 0.1) is 11.8 Å². The Hall–Kier alpha value is -1.10. The number of nitrogens with zero attached hydrogens (tertiary/aromatic N) is 2. The molecule has 3 saturated heterocycles. The standard InChI is InChI=1S/C17H27N3O2/c21-16(12-3-4-12)19-8-1-2-13(10-19)17(22)20-9-7-14-5-6-15(11-20)18-14/h12-15,18H,1-11H2. The molecule has 3 atom stereocenters. The van der Waals surface area contributed by atoms with Crippen LogP contribution in [0.4, 0.5) is 0 Å². The van der Waals surface area contributed by atoms with E-state index in [0.29, 0.717) is 30.4 Å². The molecule has 4 fully saturated rings. The Morgan fingerprint density at radius 1 is 0.727 bits per heavy atom. The highest BCUT2D eigenvalue weighted by molar-refractivity contribution is 5.83. The Kier molecular flexibility index (Phi) is 3.84. The predicted molar refractivity (Wildman–Crippen MR) is 83.2 cm³/mol. The van der Waals surface area contributed by atoms with Gasteiger partial charge in [-0.3, -0.25) is 9.59 Å². The van der Waals surface area contributed by atoms with Crippen molar-refractivity contribution in [2.75, 3.05) is 26.2 Å². The maximum Gasteiger partial charge on any atom is 0.227 e. The first kappa shape index (κ1) is 14.5. The molecule has 122 valence electrons. The number of piperidine rings is 1. The summed E-state index contributed by atoms with van der Waals surface area (Å²) in [6, 6.07) is 1.10. The van der Waals surface area contributed by atoms with Crippen molar-refractivity contribution >= 4 is 11.8 Å². The van der Waals surface area contributed by atoms with E-state index in [-0.39, 0.29) is 11.8 Å². The van der Waals surface area contributed by atoms with Crippen molar-refractivity contribution in [1.29, 1.82) is 0 Å². The van der Waals surface area contributed by atoms with Gasteiger partial charge in [0.25, 0.3) is 0 Å². The third-order valence-electron chi connectivity index (χ3n) is 5.84. The largest absolute Gasteiger partial charge is 0.342 e. The van der Waals surface area contributed by atoms with Crippen LogP contribution in [-0.4, -0.2) is 59.9 Å². The Morgan fingerprint density at radius 2 is 1.45 bits per heavy atom. The van der Waals surface area contributed by atoms with Crippen LogP contribution in [0.1, 0.15) is 44.9 Å². The molecule has 1 aliphatic carbocycles. The molecule has 2 bridgehead atoms. The smallest absolute Gasteiger partial charge is 0.227 e. The first-order valence-electron chi connectivity index (χ1n) is 9.04. The van der Waals surface area contributed by atoms with Crippen LogP contribution < -0.4 is 5.32 Å². The van der Waals surface area contributed by atoms with Crippen LogP contribution in [0.5, 0.6) is 0 Å². The van der Waals surface area contributed by atoms with E-state index in [4.69, 9.17) is 0 Å². The fraction of sp³-hybridized carbons (Fsp3) is 0.882. The normalized spacial score (nSPS) is 35.4. The van der Waals surface area contributed by atoms with Gasteiger partial charge in [0, 0.05) is 44.2 Å². The van der Waals surface area contributed by atoms with Gasteiger partial charge in [-0.1, -0.05) is 0 Å². The maximum absolute atomic E-state index is 12.9. The van der Waals surface area contributed by atoms with Crippen molar-refractivity contribution in [2.45, 2.75) is 57.0 Å². The molecule has 3 heterocycles. The summed E-state index contributed by atoms with van der Waals surface area (Å²) >= 11 is 0. The van der Waals surface area contributed by atoms with E-state index < -0.39 is 0 Å². The number of carbonyl (C=O) groups excluding carboxylic acids is 2. The molecule has 3 unspecified atom stereocenters. The molecule has 1 N–H and O–H groups in total. The zero-order valence-corrected chi connectivity index (χ0v) is 13.3. The molecule has 2 amide bonds. The van der Waals surface area contributed by atoms with Gasteiger partial charge in [-0.25, -0.2) is 0 Å². The third kappa shape index (κ3) is 2.87. The second-order valence-electron chi connectivity index (χ2n) is 7.61. The highest BCUT2D eigenvalue weighted by atomic mass is 16.2. The molecule has 5 nitrogen and oxygen atoms in total. The van der Waals surface area contributed by atoms with Crippen molar-refractivity contribution in [3.8, 4) is 0 Å². The van der Waals surface area contributed by atoms with Crippen molar-refractivity contribution in [3.05, 3.63) is 0 Å². The highest BCUT2D eigenvalue weighted by Gasteiger charge is 2.39. The van der Waals surface area contributed by atoms with Crippen LogP contribution in [-0.2, 0) is 9.59 Å². The molecule has 3 aliphatic heterocycles. The minimum Gasteiger partial charge on any atom is -0.342 e. The average Bonchev–Trinajstić information content (AvgIpc) is 3.31. The molecule has 0 aromatic carbocycles. The minimum atomic E-state index is 0.0353. The molecule has 1 saturated carbocycles. The van der Waals surface area contributed by atoms with Gasteiger partial charge in [0.2, 0.25) is 11.8 Å². The summed E-state index contributed by atoms with van der Waals surface area (Å²) in [4.78, 5) is 29.2. The Labute approximate surface area is 132 Å². The van der Waals surface area contributed by atoms with Gasteiger partial charge in [-0.15, -0.1) is 0 Å². The average molecular weight is 305 g/mol. The molecule has 0 spiro atoms. The fourth-order valence-electron chi connectivity index (χ4n) is 4.37. The van der Waals surface area contributed by atoms with Crippen LogP contribution >= 0.6 is 0 Å². The summed E-state index contributed by atoms with van der Waals surface area (Å²) < 4.78 is 0. The number of rotatable bonds is 2. The summed E-state index contributed by atoms with van der Waals surface area (Å²) in [6.45, 7) is 3.26. The lowest BCUT2D eigenvalue weighted by Gasteiger charge is -2.35. The summed E-state index contributed by atoms with van der Waals surface area (Å²) in [7, 11) is 0. The van der Waals surface area contributed by atoms with E-state index >= 15 is 0 Å². The van der Waals surface area contributed by atoms with Crippen LogP contribution in [0.2, 0.25) is 0 Å². The molecular formula is C17H27N3O2. The molecule has 22 heavy (non-hydrogen) atoms. The lowest BCUT2D eigenvalue weighted by atomic mass is 9.95. The quantitative estimate of drug-likeness (QED) is 0.828. The summed E-state index contributed by atoms with van der Waals surface area (Å²) in [5.41, 5.74) is 0. The van der Waals surface area contributed by atoms with Gasteiger partial charge >= 0.3 is 0 Å². The van der Waals surface area contributed by atoms with Gasteiger partial charge in [0.05, 0.1) is 5.92 Å². The summed E-state index contributed by atoms with van der Waals surface area (Å²) in [6.07, 6.45) is 7.58. The maximum atomic E-state index is 12.9. The number of hydrogen-bond acceptors (Lipinski definition) is 3. The first-order valence-corrected chi connectivity index (χ1v) is 9.04. The molecule has 0 aromatic heterocycles. The minimum absolute atomic E-state index is 0.0353. The van der Waals surface area contributed by atoms with Crippen molar-refractivity contribution in [2.24, 2.45) is 11.8 Å². The van der Waals surface area contributed by atoms with E-state index in [1.54, 1.807) is 0 Å².